The van der Waals surface area contributed by atoms with E-state index >= 15 is 0 Å². The van der Waals surface area contributed by atoms with Gasteiger partial charge in [-0.1, -0.05) is 27.7 Å². The van der Waals surface area contributed by atoms with Crippen LogP contribution in [-0.2, 0) is 13.0 Å². The summed E-state index contributed by atoms with van der Waals surface area (Å²) in [6, 6.07) is 0.542. The molecule has 0 aromatic carbocycles. The topological polar surface area (TPSA) is 42.7 Å². The van der Waals surface area contributed by atoms with Gasteiger partial charge in [-0.15, -0.1) is 0 Å². The second-order valence-electron chi connectivity index (χ2n) is 5.26. The smallest absolute Gasteiger partial charge is 0.138 e. The van der Waals surface area contributed by atoms with E-state index in [2.05, 4.69) is 50.0 Å². The zero-order valence-corrected chi connectivity index (χ0v) is 11.8. The molecule has 1 aromatic rings. The number of hydrogen-bond acceptors (Lipinski definition) is 3. The first kappa shape index (κ1) is 14.2. The Morgan fingerprint density at radius 3 is 2.53 bits per heavy atom. The van der Waals surface area contributed by atoms with Crippen LogP contribution in [0.5, 0.6) is 0 Å². The van der Waals surface area contributed by atoms with Gasteiger partial charge in [-0.05, 0) is 25.3 Å². The number of nitrogens with one attached hydrogen (secondary N) is 1. The van der Waals surface area contributed by atoms with Crippen LogP contribution in [0.2, 0.25) is 0 Å². The second kappa shape index (κ2) is 6.74. The minimum absolute atomic E-state index is 0.542. The van der Waals surface area contributed by atoms with E-state index in [9.17, 15) is 0 Å². The van der Waals surface area contributed by atoms with Crippen LogP contribution in [0.4, 0.5) is 0 Å². The highest BCUT2D eigenvalue weighted by atomic mass is 15.3. The Morgan fingerprint density at radius 2 is 2.00 bits per heavy atom. The minimum atomic E-state index is 0.542. The summed E-state index contributed by atoms with van der Waals surface area (Å²) < 4.78 is 1.99. The van der Waals surface area contributed by atoms with Gasteiger partial charge in [-0.25, -0.2) is 4.98 Å². The first-order chi connectivity index (χ1) is 8.04. The fraction of sp³-hybridized carbons (Fsp3) is 0.846. The molecule has 0 radical (unpaired) electrons. The van der Waals surface area contributed by atoms with Crippen molar-refractivity contribution in [3.05, 3.63) is 12.2 Å². The van der Waals surface area contributed by atoms with Crippen LogP contribution in [0.25, 0.3) is 0 Å². The zero-order valence-electron chi connectivity index (χ0n) is 11.8. The maximum atomic E-state index is 4.36. The highest BCUT2D eigenvalue weighted by Gasteiger charge is 2.17. The Balaban J connectivity index is 2.60. The van der Waals surface area contributed by atoms with Crippen LogP contribution in [0.15, 0.2) is 6.33 Å². The summed E-state index contributed by atoms with van der Waals surface area (Å²) >= 11 is 0. The lowest BCUT2D eigenvalue weighted by Crippen LogP contribution is -2.33. The van der Waals surface area contributed by atoms with Crippen LogP contribution < -0.4 is 5.32 Å². The molecule has 0 amide bonds. The molecule has 4 heteroatoms. The number of aromatic nitrogens is 3. The van der Waals surface area contributed by atoms with E-state index in [-0.39, 0.29) is 0 Å². The van der Waals surface area contributed by atoms with E-state index in [0.29, 0.717) is 17.9 Å². The Kier molecular flexibility index (Phi) is 5.62. The molecule has 17 heavy (non-hydrogen) atoms. The summed E-state index contributed by atoms with van der Waals surface area (Å²) in [4.78, 5) is 4.36. The van der Waals surface area contributed by atoms with E-state index in [4.69, 9.17) is 0 Å². The predicted molar refractivity (Wildman–Crippen MR) is 70.9 cm³/mol. The normalized spacial score (nSPS) is 13.6. The molecule has 0 spiro atoms. The van der Waals surface area contributed by atoms with Crippen molar-refractivity contribution in [2.75, 3.05) is 6.54 Å². The average molecular weight is 238 g/mol. The Morgan fingerprint density at radius 1 is 1.29 bits per heavy atom. The van der Waals surface area contributed by atoms with Gasteiger partial charge in [-0.3, -0.25) is 4.68 Å². The molecule has 1 atom stereocenters. The van der Waals surface area contributed by atoms with Crippen LogP contribution in [0.3, 0.4) is 0 Å². The Labute approximate surface area is 105 Å². The molecule has 1 rings (SSSR count). The third kappa shape index (κ3) is 4.46. The molecule has 1 unspecified atom stereocenters. The van der Waals surface area contributed by atoms with Crippen molar-refractivity contribution in [1.82, 2.24) is 20.1 Å². The molecular weight excluding hydrogens is 212 g/mol. The molecule has 0 fully saturated rings. The van der Waals surface area contributed by atoms with E-state index in [1.54, 1.807) is 6.33 Å². The van der Waals surface area contributed by atoms with Gasteiger partial charge in [0.25, 0.3) is 0 Å². The highest BCUT2D eigenvalue weighted by Crippen LogP contribution is 2.15. The molecule has 98 valence electrons. The van der Waals surface area contributed by atoms with Crippen molar-refractivity contribution in [3.8, 4) is 0 Å². The molecule has 1 N–H and O–H groups in total. The van der Waals surface area contributed by atoms with Gasteiger partial charge >= 0.3 is 0 Å². The average Bonchev–Trinajstić information content (AvgIpc) is 2.70. The standard InChI is InChI=1S/C13H26N4/c1-6-17-13(15-9-16-17)7-12(10(2)3)8-14-11(4)5/h9-12,14H,6-8H2,1-5H3. The number of nitrogens with zero attached hydrogens (tertiary/aromatic N) is 3. The summed E-state index contributed by atoms with van der Waals surface area (Å²) in [6.07, 6.45) is 2.66. The fourth-order valence-corrected chi connectivity index (χ4v) is 1.88. The van der Waals surface area contributed by atoms with Crippen LogP contribution in [-0.4, -0.2) is 27.4 Å². The van der Waals surface area contributed by atoms with Crippen LogP contribution in [0, 0.1) is 11.8 Å². The first-order valence-electron chi connectivity index (χ1n) is 6.64. The summed E-state index contributed by atoms with van der Waals surface area (Å²) in [6.45, 7) is 13.0. The largest absolute Gasteiger partial charge is 0.314 e. The van der Waals surface area contributed by atoms with Crippen molar-refractivity contribution < 1.29 is 0 Å². The molecule has 0 aliphatic heterocycles. The van der Waals surface area contributed by atoms with E-state index in [0.717, 1.165) is 25.3 Å². The summed E-state index contributed by atoms with van der Waals surface area (Å²) in [5, 5.41) is 7.75. The SMILES string of the molecule is CCn1ncnc1CC(CNC(C)C)C(C)C. The minimum Gasteiger partial charge on any atom is -0.314 e. The summed E-state index contributed by atoms with van der Waals surface area (Å²) in [5.41, 5.74) is 0. The van der Waals surface area contributed by atoms with E-state index in [1.165, 1.54) is 0 Å². The van der Waals surface area contributed by atoms with E-state index < -0.39 is 0 Å². The van der Waals surface area contributed by atoms with Crippen LogP contribution in [0.1, 0.15) is 40.4 Å². The molecule has 4 nitrogen and oxygen atoms in total. The monoisotopic (exact) mass is 238 g/mol. The van der Waals surface area contributed by atoms with E-state index in [1.807, 2.05) is 4.68 Å². The Bertz CT molecular complexity index is 317. The lowest BCUT2D eigenvalue weighted by molar-refractivity contribution is 0.338. The van der Waals surface area contributed by atoms with Crippen molar-refractivity contribution in [1.29, 1.82) is 0 Å². The van der Waals surface area contributed by atoms with Gasteiger partial charge < -0.3 is 5.32 Å². The Hall–Kier alpha value is -0.900. The van der Waals surface area contributed by atoms with Gasteiger partial charge in [0.15, 0.2) is 0 Å². The van der Waals surface area contributed by atoms with Crippen molar-refractivity contribution in [2.45, 2.75) is 53.6 Å². The molecule has 1 aromatic heterocycles. The lowest BCUT2D eigenvalue weighted by Gasteiger charge is -2.22. The number of hydrogen-bond donors (Lipinski definition) is 1. The number of rotatable bonds is 7. The van der Waals surface area contributed by atoms with Gasteiger partial charge in [0.05, 0.1) is 0 Å². The van der Waals surface area contributed by atoms with Crippen molar-refractivity contribution in [3.63, 3.8) is 0 Å². The third-order valence-corrected chi connectivity index (χ3v) is 3.17. The quantitative estimate of drug-likeness (QED) is 0.791. The molecule has 0 aliphatic rings. The molecule has 1 heterocycles. The highest BCUT2D eigenvalue weighted by molar-refractivity contribution is 4.88. The number of aryl methyl sites for hydroxylation is 1. The van der Waals surface area contributed by atoms with Gasteiger partial charge in [-0.2, -0.15) is 5.10 Å². The van der Waals surface area contributed by atoms with Crippen molar-refractivity contribution >= 4 is 0 Å². The molecular formula is C13H26N4. The maximum Gasteiger partial charge on any atom is 0.138 e. The molecule has 0 saturated carbocycles. The van der Waals surface area contributed by atoms with Crippen molar-refractivity contribution in [2.24, 2.45) is 11.8 Å². The van der Waals surface area contributed by atoms with Gasteiger partial charge in [0.2, 0.25) is 0 Å². The maximum absolute atomic E-state index is 4.36. The first-order valence-corrected chi connectivity index (χ1v) is 6.64. The fourth-order valence-electron chi connectivity index (χ4n) is 1.88. The second-order valence-corrected chi connectivity index (χ2v) is 5.26. The molecule has 0 aliphatic carbocycles. The molecule has 0 saturated heterocycles. The third-order valence-electron chi connectivity index (χ3n) is 3.17. The van der Waals surface area contributed by atoms with Gasteiger partial charge in [0.1, 0.15) is 12.2 Å². The zero-order chi connectivity index (χ0) is 12.8. The summed E-state index contributed by atoms with van der Waals surface area (Å²) in [7, 11) is 0. The van der Waals surface area contributed by atoms with Crippen LogP contribution >= 0.6 is 0 Å². The van der Waals surface area contributed by atoms with Gasteiger partial charge in [0, 0.05) is 19.0 Å². The predicted octanol–water partition coefficient (Wildman–Crippen LogP) is 2.11. The molecule has 0 bridgehead atoms. The lowest BCUT2D eigenvalue weighted by atomic mass is 9.92. The summed E-state index contributed by atoms with van der Waals surface area (Å²) in [5.74, 6) is 2.38.